The molecule has 0 aromatic heterocycles. The molecule has 5 nitrogen and oxygen atoms in total. The van der Waals surface area contributed by atoms with E-state index in [9.17, 15) is 14.7 Å². The second-order valence-corrected chi connectivity index (χ2v) is 6.63. The van der Waals surface area contributed by atoms with Gasteiger partial charge in [0.1, 0.15) is 5.41 Å². The fraction of sp³-hybridized carbons (Fsp3) is 0.467. The molecule has 1 N–H and O–H groups in total. The SMILES string of the molecule is COCC1(C(=O)O)CCN(C(=O)c2cc(SC)ccc2Cl)C1. The standard InChI is InChI=1S/C15H18ClNO4S/c1-21-9-15(14(19)20)5-6-17(8-15)13(18)11-7-10(22-2)3-4-12(11)16/h3-4,7H,5-6,8-9H2,1-2H3,(H,19,20). The normalized spacial score (nSPS) is 21.1. The Balaban J connectivity index is 2.23. The largest absolute Gasteiger partial charge is 0.481 e. The minimum absolute atomic E-state index is 0.0880. The fourth-order valence-corrected chi connectivity index (χ4v) is 3.28. The zero-order chi connectivity index (χ0) is 16.3. The van der Waals surface area contributed by atoms with E-state index >= 15 is 0 Å². The molecule has 1 saturated heterocycles. The third-order valence-electron chi connectivity index (χ3n) is 3.92. The smallest absolute Gasteiger partial charge is 0.313 e. The number of hydrogen-bond acceptors (Lipinski definition) is 4. The van der Waals surface area contributed by atoms with Crippen LogP contribution in [0.25, 0.3) is 0 Å². The van der Waals surface area contributed by atoms with Gasteiger partial charge in [-0.15, -0.1) is 11.8 Å². The molecule has 0 bridgehead atoms. The predicted octanol–water partition coefficient (Wildman–Crippen LogP) is 2.63. The zero-order valence-electron chi connectivity index (χ0n) is 12.5. The first kappa shape index (κ1) is 17.1. The fourth-order valence-electron chi connectivity index (χ4n) is 2.64. The predicted molar refractivity (Wildman–Crippen MR) is 85.7 cm³/mol. The van der Waals surface area contributed by atoms with Crippen molar-refractivity contribution >= 4 is 35.2 Å². The number of halogens is 1. The van der Waals surface area contributed by atoms with Crippen LogP contribution in [0.15, 0.2) is 23.1 Å². The highest BCUT2D eigenvalue weighted by atomic mass is 35.5. The lowest BCUT2D eigenvalue weighted by atomic mass is 9.88. The number of rotatable bonds is 5. The molecule has 1 heterocycles. The van der Waals surface area contributed by atoms with Crippen LogP contribution in [0.1, 0.15) is 16.8 Å². The Hall–Kier alpha value is -1.24. The van der Waals surface area contributed by atoms with Crippen molar-refractivity contribution in [1.82, 2.24) is 4.90 Å². The highest BCUT2D eigenvalue weighted by Crippen LogP contribution is 2.33. The van der Waals surface area contributed by atoms with Crippen molar-refractivity contribution in [2.45, 2.75) is 11.3 Å². The maximum absolute atomic E-state index is 12.6. The van der Waals surface area contributed by atoms with Crippen molar-refractivity contribution in [3.05, 3.63) is 28.8 Å². The summed E-state index contributed by atoms with van der Waals surface area (Å²) < 4.78 is 5.04. The molecule has 22 heavy (non-hydrogen) atoms. The number of benzene rings is 1. The van der Waals surface area contributed by atoms with Gasteiger partial charge in [0, 0.05) is 25.1 Å². The van der Waals surface area contributed by atoms with Crippen molar-refractivity contribution < 1.29 is 19.4 Å². The molecule has 0 aliphatic carbocycles. The molecule has 1 aromatic carbocycles. The number of thioether (sulfide) groups is 1. The number of hydrogen-bond donors (Lipinski definition) is 1. The van der Waals surface area contributed by atoms with Crippen LogP contribution in [-0.4, -0.2) is 54.9 Å². The molecular weight excluding hydrogens is 326 g/mol. The van der Waals surface area contributed by atoms with Gasteiger partial charge in [0.2, 0.25) is 0 Å². The molecule has 0 saturated carbocycles. The van der Waals surface area contributed by atoms with Crippen LogP contribution < -0.4 is 0 Å². The third kappa shape index (κ3) is 3.24. The summed E-state index contributed by atoms with van der Waals surface area (Å²) in [6.07, 6.45) is 2.29. The molecule has 1 aliphatic rings. The van der Waals surface area contributed by atoms with Gasteiger partial charge in [0.05, 0.1) is 17.2 Å². The first-order valence-electron chi connectivity index (χ1n) is 6.78. The number of carboxylic acid groups (broad SMARTS) is 1. The summed E-state index contributed by atoms with van der Waals surface area (Å²) in [5.41, 5.74) is -0.624. The third-order valence-corrected chi connectivity index (χ3v) is 4.97. The number of carboxylic acids is 1. The summed E-state index contributed by atoms with van der Waals surface area (Å²) in [4.78, 5) is 26.7. The molecule has 1 aromatic rings. The van der Waals surface area contributed by atoms with Crippen LogP contribution in [0, 0.1) is 5.41 Å². The number of methoxy groups -OCH3 is 1. The van der Waals surface area contributed by atoms with E-state index < -0.39 is 11.4 Å². The molecule has 0 radical (unpaired) electrons. The van der Waals surface area contributed by atoms with Gasteiger partial charge in [-0.2, -0.15) is 0 Å². The van der Waals surface area contributed by atoms with E-state index in [-0.39, 0.29) is 19.1 Å². The van der Waals surface area contributed by atoms with Gasteiger partial charge in [0.25, 0.3) is 5.91 Å². The lowest BCUT2D eigenvalue weighted by Gasteiger charge is -2.24. The average molecular weight is 344 g/mol. The molecule has 1 unspecified atom stereocenters. The monoisotopic (exact) mass is 343 g/mol. The summed E-state index contributed by atoms with van der Waals surface area (Å²) >= 11 is 7.64. The van der Waals surface area contributed by atoms with Gasteiger partial charge < -0.3 is 14.7 Å². The van der Waals surface area contributed by atoms with E-state index in [1.54, 1.807) is 17.0 Å². The van der Waals surface area contributed by atoms with Crippen LogP contribution >= 0.6 is 23.4 Å². The minimum atomic E-state index is -1.03. The Morgan fingerprint density at radius 2 is 2.23 bits per heavy atom. The Morgan fingerprint density at radius 1 is 1.50 bits per heavy atom. The molecule has 120 valence electrons. The van der Waals surface area contributed by atoms with Gasteiger partial charge >= 0.3 is 5.97 Å². The molecule has 1 fully saturated rings. The summed E-state index contributed by atoms with van der Waals surface area (Å²) in [6, 6.07) is 5.28. The number of nitrogens with zero attached hydrogens (tertiary/aromatic N) is 1. The van der Waals surface area contributed by atoms with Crippen LogP contribution in [0.2, 0.25) is 5.02 Å². The van der Waals surface area contributed by atoms with Crippen molar-refractivity contribution in [1.29, 1.82) is 0 Å². The maximum Gasteiger partial charge on any atom is 0.313 e. The summed E-state index contributed by atoms with van der Waals surface area (Å²) in [6.45, 7) is 0.605. The van der Waals surface area contributed by atoms with Crippen molar-refractivity contribution in [3.63, 3.8) is 0 Å². The highest BCUT2D eigenvalue weighted by molar-refractivity contribution is 7.98. The number of ether oxygens (including phenoxy) is 1. The summed E-state index contributed by atoms with van der Waals surface area (Å²) in [5, 5.41) is 9.83. The van der Waals surface area contributed by atoms with Crippen molar-refractivity contribution in [3.8, 4) is 0 Å². The Bertz CT molecular complexity index is 595. The average Bonchev–Trinajstić information content (AvgIpc) is 2.93. The summed E-state index contributed by atoms with van der Waals surface area (Å²) in [5.74, 6) is -1.17. The zero-order valence-corrected chi connectivity index (χ0v) is 14.0. The molecule has 1 atom stereocenters. The molecule has 7 heteroatoms. The van der Waals surface area contributed by atoms with Gasteiger partial charge in [-0.3, -0.25) is 9.59 Å². The summed E-state index contributed by atoms with van der Waals surface area (Å²) in [7, 11) is 1.47. The van der Waals surface area contributed by atoms with Gasteiger partial charge in [-0.25, -0.2) is 0 Å². The van der Waals surface area contributed by atoms with Crippen LogP contribution in [0.4, 0.5) is 0 Å². The number of carbonyl (C=O) groups is 2. The quantitative estimate of drug-likeness (QED) is 0.832. The molecule has 1 amide bonds. The topological polar surface area (TPSA) is 66.8 Å². The Kier molecular flexibility index (Phi) is 5.36. The van der Waals surface area contributed by atoms with Crippen LogP contribution in [-0.2, 0) is 9.53 Å². The maximum atomic E-state index is 12.6. The van der Waals surface area contributed by atoms with Crippen molar-refractivity contribution in [2.75, 3.05) is 33.1 Å². The molecule has 0 spiro atoms. The van der Waals surface area contributed by atoms with Crippen molar-refractivity contribution in [2.24, 2.45) is 5.41 Å². The second-order valence-electron chi connectivity index (χ2n) is 5.34. The molecule has 1 aliphatic heterocycles. The lowest BCUT2D eigenvalue weighted by molar-refractivity contribution is -0.151. The van der Waals surface area contributed by atoms with Gasteiger partial charge in [-0.05, 0) is 30.9 Å². The lowest BCUT2D eigenvalue weighted by Crippen LogP contribution is -2.40. The van der Waals surface area contributed by atoms with E-state index in [1.807, 2.05) is 12.3 Å². The Morgan fingerprint density at radius 3 is 2.82 bits per heavy atom. The van der Waals surface area contributed by atoms with Gasteiger partial charge in [-0.1, -0.05) is 11.6 Å². The van der Waals surface area contributed by atoms with E-state index in [0.29, 0.717) is 23.6 Å². The van der Waals surface area contributed by atoms with Gasteiger partial charge in [0.15, 0.2) is 0 Å². The van der Waals surface area contributed by atoms with E-state index in [1.165, 1.54) is 18.9 Å². The van der Waals surface area contributed by atoms with Crippen LogP contribution in [0.3, 0.4) is 0 Å². The first-order valence-corrected chi connectivity index (χ1v) is 8.39. The van der Waals surface area contributed by atoms with E-state index in [4.69, 9.17) is 16.3 Å². The molecule has 2 rings (SSSR count). The first-order chi connectivity index (χ1) is 10.4. The second kappa shape index (κ2) is 6.89. The number of aliphatic carboxylic acids is 1. The van der Waals surface area contributed by atoms with E-state index in [0.717, 1.165) is 4.90 Å². The highest BCUT2D eigenvalue weighted by Gasteiger charge is 2.46. The van der Waals surface area contributed by atoms with Crippen LogP contribution in [0.5, 0.6) is 0 Å². The molecular formula is C15H18ClNO4S. The van der Waals surface area contributed by atoms with E-state index in [2.05, 4.69) is 0 Å². The number of likely N-dealkylation sites (tertiary alicyclic amines) is 1. The Labute approximate surface area is 138 Å². The minimum Gasteiger partial charge on any atom is -0.481 e. The number of carbonyl (C=O) groups excluding carboxylic acids is 1. The number of amides is 1.